The maximum absolute atomic E-state index is 12.3. The van der Waals surface area contributed by atoms with Crippen LogP contribution in [0.25, 0.3) is 10.9 Å². The largest absolute Gasteiger partial charge is 0.318 e. The van der Waals surface area contributed by atoms with Crippen LogP contribution in [0.5, 0.6) is 0 Å². The van der Waals surface area contributed by atoms with Crippen molar-refractivity contribution < 1.29 is 8.42 Å². The van der Waals surface area contributed by atoms with Crippen molar-refractivity contribution in [3.63, 3.8) is 0 Å². The number of aromatic nitrogens is 1. The molecule has 1 atom stereocenters. The number of nitrogens with zero attached hydrogens (tertiary/aromatic N) is 1. The minimum Gasteiger partial charge on any atom is -0.318 e. The molecule has 0 fully saturated rings. The van der Waals surface area contributed by atoms with E-state index in [0.29, 0.717) is 12.2 Å². The summed E-state index contributed by atoms with van der Waals surface area (Å²) in [4.78, 5) is 4.40. The maximum Gasteiger partial charge on any atom is 0.236 e. The minimum absolute atomic E-state index is 0.400. The highest BCUT2D eigenvalue weighted by Gasteiger charge is 2.20. The smallest absolute Gasteiger partial charge is 0.236 e. The van der Waals surface area contributed by atoms with Crippen molar-refractivity contribution >= 4 is 26.6 Å². The number of benzene rings is 1. The zero-order valence-corrected chi connectivity index (χ0v) is 12.7. The van der Waals surface area contributed by atoms with E-state index in [1.165, 1.54) is 0 Å². The van der Waals surface area contributed by atoms with E-state index >= 15 is 0 Å². The molecule has 1 heterocycles. The Kier molecular flexibility index (Phi) is 4.25. The van der Waals surface area contributed by atoms with Gasteiger partial charge in [0.1, 0.15) is 0 Å². The maximum atomic E-state index is 12.3. The zero-order chi connectivity index (χ0) is 14.8. The lowest BCUT2D eigenvalue weighted by Crippen LogP contribution is -2.33. The third kappa shape index (κ3) is 3.08. The number of nitrogens with one attached hydrogen (secondary N) is 2. The number of para-hydroxylation sites is 1. The molecule has 0 aliphatic heterocycles. The molecule has 6 heteroatoms. The number of aryl methyl sites for hydroxylation is 1. The highest BCUT2D eigenvalue weighted by molar-refractivity contribution is 7.93. The molecular formula is C14H19N3O2S. The van der Waals surface area contributed by atoms with Crippen molar-refractivity contribution in [2.45, 2.75) is 19.1 Å². The van der Waals surface area contributed by atoms with Crippen molar-refractivity contribution in [2.75, 3.05) is 18.3 Å². The molecule has 0 aliphatic carbocycles. The van der Waals surface area contributed by atoms with Crippen LogP contribution in [-0.2, 0) is 10.0 Å². The molecule has 1 aromatic heterocycles. The molecule has 0 saturated carbocycles. The number of pyridine rings is 1. The summed E-state index contributed by atoms with van der Waals surface area (Å²) in [6.07, 6.45) is 0. The van der Waals surface area contributed by atoms with Crippen LogP contribution in [0.1, 0.15) is 12.6 Å². The van der Waals surface area contributed by atoms with Gasteiger partial charge in [-0.1, -0.05) is 18.2 Å². The van der Waals surface area contributed by atoms with Gasteiger partial charge < -0.3 is 5.32 Å². The van der Waals surface area contributed by atoms with Gasteiger partial charge in [0.25, 0.3) is 0 Å². The van der Waals surface area contributed by atoms with Crippen LogP contribution in [-0.4, -0.2) is 32.2 Å². The molecular weight excluding hydrogens is 274 g/mol. The zero-order valence-electron chi connectivity index (χ0n) is 11.8. The minimum atomic E-state index is -3.42. The SMILES string of the molecule is CNCC(C)S(=O)(=O)Nc1cc(C)nc2ccccc12. The first-order chi connectivity index (χ1) is 9.44. The monoisotopic (exact) mass is 293 g/mol. The van der Waals surface area contributed by atoms with Crippen molar-refractivity contribution in [3.8, 4) is 0 Å². The molecule has 0 saturated heterocycles. The molecule has 5 nitrogen and oxygen atoms in total. The van der Waals surface area contributed by atoms with Gasteiger partial charge in [-0.25, -0.2) is 8.42 Å². The van der Waals surface area contributed by atoms with Gasteiger partial charge in [0, 0.05) is 17.6 Å². The van der Waals surface area contributed by atoms with E-state index < -0.39 is 15.3 Å². The molecule has 0 amide bonds. The van der Waals surface area contributed by atoms with E-state index in [0.717, 1.165) is 16.6 Å². The molecule has 1 aromatic carbocycles. The number of anilines is 1. The predicted molar refractivity (Wildman–Crippen MR) is 82.4 cm³/mol. The van der Waals surface area contributed by atoms with Gasteiger partial charge in [-0.2, -0.15) is 0 Å². The van der Waals surface area contributed by atoms with E-state index in [1.807, 2.05) is 31.2 Å². The van der Waals surface area contributed by atoms with E-state index in [-0.39, 0.29) is 0 Å². The Hall–Kier alpha value is -1.66. The molecule has 2 aromatic rings. The fraction of sp³-hybridized carbons (Fsp3) is 0.357. The summed E-state index contributed by atoms with van der Waals surface area (Å²) in [5.74, 6) is 0. The summed E-state index contributed by atoms with van der Waals surface area (Å²) in [5, 5.41) is 3.17. The van der Waals surface area contributed by atoms with Crippen molar-refractivity contribution in [1.82, 2.24) is 10.3 Å². The number of rotatable bonds is 5. The quantitative estimate of drug-likeness (QED) is 0.883. The third-order valence-corrected chi connectivity index (χ3v) is 4.85. The van der Waals surface area contributed by atoms with E-state index in [1.54, 1.807) is 20.0 Å². The first-order valence-electron chi connectivity index (χ1n) is 6.46. The summed E-state index contributed by atoms with van der Waals surface area (Å²) in [7, 11) is -1.69. The summed E-state index contributed by atoms with van der Waals surface area (Å²) >= 11 is 0. The average Bonchev–Trinajstić information content (AvgIpc) is 2.38. The first-order valence-corrected chi connectivity index (χ1v) is 8.01. The molecule has 20 heavy (non-hydrogen) atoms. The lowest BCUT2D eigenvalue weighted by atomic mass is 10.2. The first kappa shape index (κ1) is 14.7. The van der Waals surface area contributed by atoms with Crippen LogP contribution in [0, 0.1) is 6.92 Å². The fourth-order valence-electron chi connectivity index (χ4n) is 2.04. The summed E-state index contributed by atoms with van der Waals surface area (Å²) in [5.41, 5.74) is 2.14. The Morgan fingerprint density at radius 1 is 1.30 bits per heavy atom. The Bertz CT molecular complexity index is 713. The molecule has 108 valence electrons. The topological polar surface area (TPSA) is 71.1 Å². The number of hydrogen-bond acceptors (Lipinski definition) is 4. The second-order valence-electron chi connectivity index (χ2n) is 4.84. The van der Waals surface area contributed by atoms with Gasteiger partial charge in [0.2, 0.25) is 10.0 Å². The lowest BCUT2D eigenvalue weighted by molar-refractivity contribution is 0.584. The van der Waals surface area contributed by atoms with Crippen molar-refractivity contribution in [3.05, 3.63) is 36.0 Å². The third-order valence-electron chi connectivity index (χ3n) is 3.12. The number of hydrogen-bond donors (Lipinski definition) is 2. The van der Waals surface area contributed by atoms with Crippen LogP contribution in [0.2, 0.25) is 0 Å². The van der Waals surface area contributed by atoms with Crippen molar-refractivity contribution in [2.24, 2.45) is 0 Å². The van der Waals surface area contributed by atoms with Crippen molar-refractivity contribution in [1.29, 1.82) is 0 Å². The molecule has 2 rings (SSSR count). The van der Waals surface area contributed by atoms with Gasteiger partial charge >= 0.3 is 0 Å². The van der Waals surface area contributed by atoms with Crippen LogP contribution < -0.4 is 10.0 Å². The highest BCUT2D eigenvalue weighted by Crippen LogP contribution is 2.24. The number of fused-ring (bicyclic) bond motifs is 1. The van der Waals surface area contributed by atoms with Gasteiger partial charge in [-0.05, 0) is 33.0 Å². The van der Waals surface area contributed by atoms with Crippen LogP contribution >= 0.6 is 0 Å². The molecule has 0 spiro atoms. The Labute approximate surface area is 119 Å². The fourth-order valence-corrected chi connectivity index (χ4v) is 3.11. The molecule has 0 bridgehead atoms. The van der Waals surface area contributed by atoms with Crippen LogP contribution in [0.15, 0.2) is 30.3 Å². The van der Waals surface area contributed by atoms with Gasteiger partial charge in [0.15, 0.2) is 0 Å². The summed E-state index contributed by atoms with van der Waals surface area (Å²) in [6, 6.07) is 9.25. The van der Waals surface area contributed by atoms with E-state index in [2.05, 4.69) is 15.0 Å². The molecule has 2 N–H and O–H groups in total. The summed E-state index contributed by atoms with van der Waals surface area (Å²) < 4.78 is 27.2. The predicted octanol–water partition coefficient (Wildman–Crippen LogP) is 1.89. The van der Waals surface area contributed by atoms with Gasteiger partial charge in [-0.15, -0.1) is 0 Å². The second-order valence-corrected chi connectivity index (χ2v) is 6.94. The normalized spacial score (nSPS) is 13.3. The highest BCUT2D eigenvalue weighted by atomic mass is 32.2. The van der Waals surface area contributed by atoms with Crippen LogP contribution in [0.3, 0.4) is 0 Å². The molecule has 0 radical (unpaired) electrons. The average molecular weight is 293 g/mol. The molecule has 1 unspecified atom stereocenters. The van der Waals surface area contributed by atoms with Gasteiger partial charge in [0.05, 0.1) is 16.5 Å². The number of sulfonamides is 1. The van der Waals surface area contributed by atoms with E-state index in [4.69, 9.17) is 0 Å². The second kappa shape index (κ2) is 5.76. The van der Waals surface area contributed by atoms with E-state index in [9.17, 15) is 8.42 Å². The molecule has 0 aliphatic rings. The Morgan fingerprint density at radius 2 is 2.00 bits per heavy atom. The van der Waals surface area contributed by atoms with Crippen LogP contribution in [0.4, 0.5) is 5.69 Å². The Balaban J connectivity index is 2.44. The lowest BCUT2D eigenvalue weighted by Gasteiger charge is -2.16. The Morgan fingerprint density at radius 3 is 2.70 bits per heavy atom. The standard InChI is InChI=1S/C14H19N3O2S/c1-10-8-14(12-6-4-5-7-13(12)16-10)17-20(18,19)11(2)9-15-3/h4-8,11,15H,9H2,1-3H3,(H,16,17). The summed E-state index contributed by atoms with van der Waals surface area (Å²) in [6.45, 7) is 3.92. The van der Waals surface area contributed by atoms with Gasteiger partial charge in [-0.3, -0.25) is 9.71 Å².